The van der Waals surface area contributed by atoms with E-state index in [2.05, 4.69) is 20.9 Å². The number of aliphatic imine (C=N–C) groups is 1. The number of nitrogens with one attached hydrogen (secondary N) is 3. The van der Waals surface area contributed by atoms with Crippen molar-refractivity contribution in [2.24, 2.45) is 4.99 Å². The van der Waals surface area contributed by atoms with Crippen LogP contribution in [-0.2, 0) is 11.3 Å². The van der Waals surface area contributed by atoms with Gasteiger partial charge in [-0.05, 0) is 51.8 Å². The quantitative estimate of drug-likeness (QED) is 0.228. The molecule has 8 nitrogen and oxygen atoms in total. The lowest BCUT2D eigenvalue weighted by molar-refractivity contribution is 0.0527. The molecule has 2 rings (SSSR count). The van der Waals surface area contributed by atoms with E-state index in [0.29, 0.717) is 19.6 Å². The Balaban J connectivity index is 0.00000392. The normalized spacial score (nSPS) is 12.8. The van der Waals surface area contributed by atoms with E-state index in [9.17, 15) is 4.79 Å². The fourth-order valence-electron chi connectivity index (χ4n) is 2.35. The minimum absolute atomic E-state index is 0. The molecule has 0 saturated heterocycles. The Morgan fingerprint density at radius 1 is 1.14 bits per heavy atom. The van der Waals surface area contributed by atoms with Crippen molar-refractivity contribution in [1.29, 1.82) is 0 Å². The average molecular weight is 506 g/mol. The van der Waals surface area contributed by atoms with Gasteiger partial charge in [-0.1, -0.05) is 6.07 Å². The zero-order chi connectivity index (χ0) is 19.7. The highest BCUT2D eigenvalue weighted by Gasteiger charge is 2.15. The van der Waals surface area contributed by atoms with E-state index in [1.807, 2.05) is 45.9 Å². The molecule has 1 aromatic carbocycles. The first-order valence-electron chi connectivity index (χ1n) is 9.25. The third-order valence-corrected chi connectivity index (χ3v) is 3.52. The summed E-state index contributed by atoms with van der Waals surface area (Å²) in [6.45, 7) is 10.3. The molecule has 0 fully saturated rings. The number of hydrogen-bond donors (Lipinski definition) is 3. The van der Waals surface area contributed by atoms with Crippen molar-refractivity contribution in [3.63, 3.8) is 0 Å². The lowest BCUT2D eigenvalue weighted by Crippen LogP contribution is -2.39. The van der Waals surface area contributed by atoms with E-state index in [1.165, 1.54) is 0 Å². The van der Waals surface area contributed by atoms with Crippen LogP contribution in [0.4, 0.5) is 4.79 Å². The molecule has 0 bridgehead atoms. The summed E-state index contributed by atoms with van der Waals surface area (Å²) in [7, 11) is 0. The Bertz CT molecular complexity index is 662. The van der Waals surface area contributed by atoms with Gasteiger partial charge in [-0.15, -0.1) is 24.0 Å². The van der Waals surface area contributed by atoms with Gasteiger partial charge in [0.05, 0.1) is 6.54 Å². The molecule has 9 heteroatoms. The minimum Gasteiger partial charge on any atom is -0.454 e. The molecule has 1 heterocycles. The SMILES string of the molecule is CCNC(=NCc1ccc2c(c1)OCO2)NCCCNC(=O)OC(C)(C)C.I. The first kappa shape index (κ1) is 24.1. The molecule has 1 aliphatic heterocycles. The van der Waals surface area contributed by atoms with Crippen molar-refractivity contribution in [2.75, 3.05) is 26.4 Å². The lowest BCUT2D eigenvalue weighted by atomic mass is 10.2. The summed E-state index contributed by atoms with van der Waals surface area (Å²) in [6, 6.07) is 5.82. The van der Waals surface area contributed by atoms with E-state index >= 15 is 0 Å². The molecule has 158 valence electrons. The van der Waals surface area contributed by atoms with Crippen molar-refractivity contribution in [2.45, 2.75) is 46.3 Å². The Morgan fingerprint density at radius 3 is 2.57 bits per heavy atom. The Morgan fingerprint density at radius 2 is 1.86 bits per heavy atom. The van der Waals surface area contributed by atoms with Gasteiger partial charge in [0, 0.05) is 19.6 Å². The second kappa shape index (κ2) is 11.8. The molecule has 0 saturated carbocycles. The van der Waals surface area contributed by atoms with E-state index in [4.69, 9.17) is 14.2 Å². The van der Waals surface area contributed by atoms with Crippen LogP contribution in [0.15, 0.2) is 23.2 Å². The molecule has 0 atom stereocenters. The fraction of sp³-hybridized carbons (Fsp3) is 0.579. The first-order chi connectivity index (χ1) is 12.9. The van der Waals surface area contributed by atoms with Crippen LogP contribution in [0.5, 0.6) is 11.5 Å². The molecule has 0 aliphatic carbocycles. The monoisotopic (exact) mass is 506 g/mol. The Labute approximate surface area is 183 Å². The number of nitrogens with zero attached hydrogens (tertiary/aromatic N) is 1. The molecule has 0 unspecified atom stereocenters. The maximum Gasteiger partial charge on any atom is 0.407 e. The summed E-state index contributed by atoms with van der Waals surface area (Å²) in [5.74, 6) is 2.26. The van der Waals surface area contributed by atoms with Gasteiger partial charge >= 0.3 is 6.09 Å². The van der Waals surface area contributed by atoms with E-state index in [1.54, 1.807) is 0 Å². The second-order valence-corrected chi connectivity index (χ2v) is 7.09. The summed E-state index contributed by atoms with van der Waals surface area (Å²) in [4.78, 5) is 16.2. The van der Waals surface area contributed by atoms with Gasteiger partial charge in [-0.3, -0.25) is 0 Å². The maximum atomic E-state index is 11.6. The van der Waals surface area contributed by atoms with Crippen LogP contribution in [0.3, 0.4) is 0 Å². The smallest absolute Gasteiger partial charge is 0.407 e. The molecule has 28 heavy (non-hydrogen) atoms. The van der Waals surface area contributed by atoms with Gasteiger partial charge in [0.2, 0.25) is 6.79 Å². The van der Waals surface area contributed by atoms with E-state index in [-0.39, 0.29) is 30.8 Å². The number of guanidine groups is 1. The zero-order valence-electron chi connectivity index (χ0n) is 17.0. The fourth-order valence-corrected chi connectivity index (χ4v) is 2.35. The number of ether oxygens (including phenoxy) is 3. The predicted molar refractivity (Wildman–Crippen MR) is 120 cm³/mol. The number of benzene rings is 1. The van der Waals surface area contributed by atoms with Crippen LogP contribution in [0.25, 0.3) is 0 Å². The van der Waals surface area contributed by atoms with Crippen LogP contribution in [0, 0.1) is 0 Å². The van der Waals surface area contributed by atoms with Crippen molar-refractivity contribution in [3.05, 3.63) is 23.8 Å². The van der Waals surface area contributed by atoms with Gasteiger partial charge in [-0.2, -0.15) is 0 Å². The number of carbonyl (C=O) groups is 1. The highest BCUT2D eigenvalue weighted by molar-refractivity contribution is 14.0. The van der Waals surface area contributed by atoms with Gasteiger partial charge in [-0.25, -0.2) is 9.79 Å². The topological polar surface area (TPSA) is 93.2 Å². The van der Waals surface area contributed by atoms with Crippen molar-refractivity contribution in [1.82, 2.24) is 16.0 Å². The molecule has 1 aliphatic rings. The summed E-state index contributed by atoms with van der Waals surface area (Å²) < 4.78 is 15.9. The summed E-state index contributed by atoms with van der Waals surface area (Å²) in [5.41, 5.74) is 0.560. The molecule has 0 aromatic heterocycles. The third kappa shape index (κ3) is 8.85. The Hall–Kier alpha value is -1.91. The summed E-state index contributed by atoms with van der Waals surface area (Å²) >= 11 is 0. The van der Waals surface area contributed by atoms with Gasteiger partial charge < -0.3 is 30.2 Å². The van der Waals surface area contributed by atoms with Crippen molar-refractivity contribution < 1.29 is 19.0 Å². The zero-order valence-corrected chi connectivity index (χ0v) is 19.3. The number of fused-ring (bicyclic) bond motifs is 1. The largest absolute Gasteiger partial charge is 0.454 e. The Kier molecular flexibility index (Phi) is 10.2. The lowest BCUT2D eigenvalue weighted by Gasteiger charge is -2.19. The number of hydrogen-bond acceptors (Lipinski definition) is 5. The molecular weight excluding hydrogens is 475 g/mol. The first-order valence-corrected chi connectivity index (χ1v) is 9.25. The minimum atomic E-state index is -0.484. The number of carbonyl (C=O) groups excluding carboxylic acids is 1. The second-order valence-electron chi connectivity index (χ2n) is 7.09. The van der Waals surface area contributed by atoms with Crippen LogP contribution < -0.4 is 25.4 Å². The van der Waals surface area contributed by atoms with Gasteiger partial charge in [0.25, 0.3) is 0 Å². The summed E-state index contributed by atoms with van der Waals surface area (Å²) in [5, 5.41) is 9.20. The summed E-state index contributed by atoms with van der Waals surface area (Å²) in [6.07, 6.45) is 0.360. The number of rotatable bonds is 7. The third-order valence-electron chi connectivity index (χ3n) is 3.52. The predicted octanol–water partition coefficient (Wildman–Crippen LogP) is 3.00. The van der Waals surface area contributed by atoms with Gasteiger partial charge in [0.15, 0.2) is 17.5 Å². The molecule has 1 aromatic rings. The van der Waals surface area contributed by atoms with E-state index in [0.717, 1.165) is 36.0 Å². The van der Waals surface area contributed by atoms with Crippen LogP contribution in [-0.4, -0.2) is 44.1 Å². The number of alkyl carbamates (subject to hydrolysis) is 1. The van der Waals surface area contributed by atoms with Crippen LogP contribution in [0.1, 0.15) is 39.7 Å². The number of amides is 1. The highest BCUT2D eigenvalue weighted by Crippen LogP contribution is 2.32. The van der Waals surface area contributed by atoms with Crippen LogP contribution >= 0.6 is 24.0 Å². The molecule has 0 spiro atoms. The maximum absolute atomic E-state index is 11.6. The van der Waals surface area contributed by atoms with Crippen molar-refractivity contribution in [3.8, 4) is 11.5 Å². The average Bonchev–Trinajstić information content (AvgIpc) is 3.05. The van der Waals surface area contributed by atoms with Crippen molar-refractivity contribution >= 4 is 36.0 Å². The highest BCUT2D eigenvalue weighted by atomic mass is 127. The van der Waals surface area contributed by atoms with Gasteiger partial charge in [0.1, 0.15) is 5.60 Å². The standard InChI is InChI=1S/C19H30N4O4.HI/c1-5-20-17(21-9-6-10-22-18(24)27-19(2,3)4)23-12-14-7-8-15-16(11-14)26-13-25-15;/h7-8,11H,5-6,9-10,12-13H2,1-4H3,(H,22,24)(H2,20,21,23);1H. The molecule has 3 N–H and O–H groups in total. The van der Waals surface area contributed by atoms with E-state index < -0.39 is 11.7 Å². The molecule has 0 radical (unpaired) electrons. The molecule has 1 amide bonds. The molecular formula is C19H31IN4O4. The van der Waals surface area contributed by atoms with Crippen LogP contribution in [0.2, 0.25) is 0 Å². The number of halogens is 1.